The van der Waals surface area contributed by atoms with Crippen molar-refractivity contribution in [2.24, 2.45) is 0 Å². The van der Waals surface area contributed by atoms with E-state index in [-0.39, 0.29) is 5.56 Å². The zero-order valence-corrected chi connectivity index (χ0v) is 15.0. The fourth-order valence-electron chi connectivity index (χ4n) is 2.66. The molecule has 0 saturated heterocycles. The highest BCUT2D eigenvalue weighted by atomic mass is 16.5. The first kappa shape index (κ1) is 18.2. The van der Waals surface area contributed by atoms with Crippen molar-refractivity contribution in [3.8, 4) is 11.6 Å². The van der Waals surface area contributed by atoms with Crippen LogP contribution in [0.15, 0.2) is 60.9 Å². The van der Waals surface area contributed by atoms with Crippen molar-refractivity contribution < 1.29 is 19.4 Å². The first-order valence-corrected chi connectivity index (χ1v) is 8.21. The molecule has 2 aromatic heterocycles. The maximum atomic E-state index is 11.4. The van der Waals surface area contributed by atoms with Crippen molar-refractivity contribution in [1.29, 1.82) is 0 Å². The number of hydrogen-bond donors (Lipinski definition) is 1. The molecule has 27 heavy (non-hydrogen) atoms. The second-order valence-corrected chi connectivity index (χ2v) is 5.68. The lowest BCUT2D eigenvalue weighted by Crippen LogP contribution is -2.18. The van der Waals surface area contributed by atoms with E-state index in [1.807, 2.05) is 23.1 Å². The maximum absolute atomic E-state index is 11.4. The van der Waals surface area contributed by atoms with Crippen LogP contribution in [-0.4, -0.2) is 35.3 Å². The molecule has 7 nitrogen and oxygen atoms in total. The van der Waals surface area contributed by atoms with E-state index in [4.69, 9.17) is 9.47 Å². The molecule has 0 fully saturated rings. The van der Waals surface area contributed by atoms with Crippen LogP contribution in [-0.2, 0) is 6.54 Å². The number of ether oxygens (including phenoxy) is 2. The minimum atomic E-state index is -0.988. The third-order valence-electron chi connectivity index (χ3n) is 3.97. The summed E-state index contributed by atoms with van der Waals surface area (Å²) in [5.74, 6) is 0.472. The van der Waals surface area contributed by atoms with E-state index < -0.39 is 5.97 Å². The molecule has 0 unspecified atom stereocenters. The molecule has 0 radical (unpaired) electrons. The summed E-state index contributed by atoms with van der Waals surface area (Å²) in [5, 5.41) is 9.32. The summed E-state index contributed by atoms with van der Waals surface area (Å²) < 4.78 is 10.6. The van der Waals surface area contributed by atoms with Crippen LogP contribution in [0.25, 0.3) is 0 Å². The third-order valence-corrected chi connectivity index (χ3v) is 3.97. The monoisotopic (exact) mass is 365 g/mol. The molecule has 0 atom stereocenters. The number of pyridine rings is 2. The topological polar surface area (TPSA) is 84.8 Å². The Labute approximate surface area is 156 Å². The van der Waals surface area contributed by atoms with Crippen molar-refractivity contribution >= 4 is 17.5 Å². The molecule has 0 bridgehead atoms. The summed E-state index contributed by atoms with van der Waals surface area (Å²) in [6.45, 7) is 0.458. The number of methoxy groups -OCH3 is 2. The van der Waals surface area contributed by atoms with Gasteiger partial charge in [-0.1, -0.05) is 12.1 Å². The SMILES string of the molecule is COc1ccc(N(Cc2cccnc2)c2cccc(C(=O)O)c2)nc1OC. The van der Waals surface area contributed by atoms with Crippen LogP contribution in [0, 0.1) is 0 Å². The zero-order valence-electron chi connectivity index (χ0n) is 15.0. The van der Waals surface area contributed by atoms with Crippen molar-refractivity contribution in [3.63, 3.8) is 0 Å². The number of benzene rings is 1. The van der Waals surface area contributed by atoms with Gasteiger partial charge in [-0.3, -0.25) is 4.98 Å². The van der Waals surface area contributed by atoms with Crippen molar-refractivity contribution in [2.75, 3.05) is 19.1 Å². The highest BCUT2D eigenvalue weighted by molar-refractivity contribution is 5.89. The smallest absolute Gasteiger partial charge is 0.335 e. The number of aromatic nitrogens is 2. The van der Waals surface area contributed by atoms with Gasteiger partial charge in [-0.25, -0.2) is 4.79 Å². The van der Waals surface area contributed by atoms with Crippen molar-refractivity contribution in [3.05, 3.63) is 72.1 Å². The number of carbonyl (C=O) groups is 1. The molecule has 0 aliphatic rings. The standard InChI is InChI=1S/C20H19N3O4/c1-26-17-8-9-18(22-19(17)27-2)23(13-14-5-4-10-21-12-14)16-7-3-6-15(11-16)20(24)25/h3-12H,13H2,1-2H3,(H,24,25). The summed E-state index contributed by atoms with van der Waals surface area (Å²) >= 11 is 0. The molecule has 7 heteroatoms. The molecule has 0 aliphatic heterocycles. The average molecular weight is 365 g/mol. The van der Waals surface area contributed by atoms with E-state index in [0.29, 0.717) is 29.7 Å². The maximum Gasteiger partial charge on any atom is 0.335 e. The van der Waals surface area contributed by atoms with Crippen LogP contribution in [0.5, 0.6) is 11.6 Å². The van der Waals surface area contributed by atoms with Crippen molar-refractivity contribution in [1.82, 2.24) is 9.97 Å². The van der Waals surface area contributed by atoms with E-state index in [1.54, 1.807) is 49.8 Å². The van der Waals surface area contributed by atoms with Crippen LogP contribution >= 0.6 is 0 Å². The van der Waals surface area contributed by atoms with Gasteiger partial charge >= 0.3 is 5.97 Å². The summed E-state index contributed by atoms with van der Waals surface area (Å²) in [7, 11) is 3.06. The number of aromatic carboxylic acids is 1. The van der Waals surface area contributed by atoms with E-state index in [9.17, 15) is 9.90 Å². The van der Waals surface area contributed by atoms with Gasteiger partial charge in [0.2, 0.25) is 0 Å². The number of hydrogen-bond acceptors (Lipinski definition) is 6. The second-order valence-electron chi connectivity index (χ2n) is 5.68. The van der Waals surface area contributed by atoms with Crippen molar-refractivity contribution in [2.45, 2.75) is 6.54 Å². The molecule has 2 heterocycles. The minimum Gasteiger partial charge on any atom is -0.491 e. The molecule has 3 aromatic rings. The molecular formula is C20H19N3O4. The molecule has 138 valence electrons. The Bertz CT molecular complexity index is 932. The summed E-state index contributed by atoms with van der Waals surface area (Å²) in [5.41, 5.74) is 1.84. The molecule has 0 aliphatic carbocycles. The lowest BCUT2D eigenvalue weighted by molar-refractivity contribution is 0.0697. The molecule has 0 amide bonds. The fraction of sp³-hybridized carbons (Fsp3) is 0.150. The van der Waals surface area contributed by atoms with Gasteiger partial charge in [0.15, 0.2) is 5.75 Å². The Morgan fingerprint density at radius 1 is 1.11 bits per heavy atom. The van der Waals surface area contributed by atoms with Gasteiger partial charge in [-0.15, -0.1) is 0 Å². The second kappa shape index (κ2) is 8.18. The summed E-state index contributed by atoms with van der Waals surface area (Å²) in [6.07, 6.45) is 3.46. The van der Waals surface area contributed by atoms with Gasteiger partial charge in [0.1, 0.15) is 5.82 Å². The highest BCUT2D eigenvalue weighted by Gasteiger charge is 2.16. The van der Waals surface area contributed by atoms with Crippen LogP contribution < -0.4 is 14.4 Å². The minimum absolute atomic E-state index is 0.198. The first-order chi connectivity index (χ1) is 13.1. The lowest BCUT2D eigenvalue weighted by Gasteiger charge is -2.25. The van der Waals surface area contributed by atoms with E-state index in [2.05, 4.69) is 9.97 Å². The van der Waals surface area contributed by atoms with Gasteiger partial charge in [0.05, 0.1) is 26.3 Å². The molecule has 0 saturated carbocycles. The predicted octanol–water partition coefficient (Wildman–Crippen LogP) is 3.53. The van der Waals surface area contributed by atoms with E-state index in [1.165, 1.54) is 7.11 Å². The van der Waals surface area contributed by atoms with Gasteiger partial charge in [0, 0.05) is 18.1 Å². The van der Waals surface area contributed by atoms with E-state index >= 15 is 0 Å². The van der Waals surface area contributed by atoms with Crippen LogP contribution in [0.1, 0.15) is 15.9 Å². The Morgan fingerprint density at radius 2 is 1.96 bits per heavy atom. The molecule has 1 N–H and O–H groups in total. The number of nitrogens with zero attached hydrogens (tertiary/aromatic N) is 3. The summed E-state index contributed by atoms with van der Waals surface area (Å²) in [4.78, 5) is 21.9. The number of carboxylic acid groups (broad SMARTS) is 1. The normalized spacial score (nSPS) is 10.3. The van der Waals surface area contributed by atoms with Gasteiger partial charge in [-0.05, 0) is 42.0 Å². The summed E-state index contributed by atoms with van der Waals surface area (Å²) in [6, 6.07) is 14.1. The zero-order chi connectivity index (χ0) is 19.2. The molecular weight excluding hydrogens is 346 g/mol. The van der Waals surface area contributed by atoms with Gasteiger partial charge < -0.3 is 19.5 Å². The number of anilines is 2. The molecule has 0 spiro atoms. The Hall–Kier alpha value is -3.61. The van der Waals surface area contributed by atoms with Gasteiger partial charge in [-0.2, -0.15) is 4.98 Å². The van der Waals surface area contributed by atoms with E-state index in [0.717, 1.165) is 5.56 Å². The Balaban J connectivity index is 2.07. The van der Waals surface area contributed by atoms with Gasteiger partial charge in [0.25, 0.3) is 5.88 Å². The number of carboxylic acids is 1. The fourth-order valence-corrected chi connectivity index (χ4v) is 2.66. The van der Waals surface area contributed by atoms with Crippen LogP contribution in [0.4, 0.5) is 11.5 Å². The largest absolute Gasteiger partial charge is 0.491 e. The first-order valence-electron chi connectivity index (χ1n) is 8.21. The third kappa shape index (κ3) is 4.14. The van der Waals surface area contributed by atoms with Crippen LogP contribution in [0.2, 0.25) is 0 Å². The average Bonchev–Trinajstić information content (AvgIpc) is 2.72. The molecule has 1 aromatic carbocycles. The number of rotatable bonds is 7. The Morgan fingerprint density at radius 3 is 2.63 bits per heavy atom. The quantitative estimate of drug-likeness (QED) is 0.685. The molecule has 3 rings (SSSR count). The Kier molecular flexibility index (Phi) is 5.51. The van der Waals surface area contributed by atoms with Crippen LogP contribution in [0.3, 0.4) is 0 Å². The lowest BCUT2D eigenvalue weighted by atomic mass is 10.1. The predicted molar refractivity (Wildman–Crippen MR) is 101 cm³/mol. The highest BCUT2D eigenvalue weighted by Crippen LogP contribution is 2.32.